The van der Waals surface area contributed by atoms with Crippen molar-refractivity contribution in [1.82, 2.24) is 14.8 Å². The Labute approximate surface area is 129 Å². The van der Waals surface area contributed by atoms with Crippen molar-refractivity contribution in [3.8, 4) is 0 Å². The lowest BCUT2D eigenvalue weighted by molar-refractivity contribution is -0.133. The van der Waals surface area contributed by atoms with Gasteiger partial charge in [-0.05, 0) is 24.6 Å². The number of benzene rings is 1. The number of para-hydroxylation sites is 1. The average molecular weight is 297 g/mol. The molecule has 0 aliphatic carbocycles. The Morgan fingerprint density at radius 2 is 2.09 bits per heavy atom. The Kier molecular flexibility index (Phi) is 3.71. The summed E-state index contributed by atoms with van der Waals surface area (Å²) >= 11 is 0. The van der Waals surface area contributed by atoms with E-state index in [4.69, 9.17) is 0 Å². The molecule has 1 aliphatic heterocycles. The van der Waals surface area contributed by atoms with Gasteiger partial charge in [0.25, 0.3) is 0 Å². The molecule has 1 fully saturated rings. The van der Waals surface area contributed by atoms with Crippen LogP contribution < -0.4 is 5.32 Å². The molecule has 5 heteroatoms. The number of hydrogen-bond donors (Lipinski definition) is 1. The number of fused-ring (bicyclic) bond motifs is 1. The third-order valence-electron chi connectivity index (χ3n) is 4.03. The number of aryl methyl sites for hydroxylation is 1. The third kappa shape index (κ3) is 2.62. The molecule has 1 aromatic heterocycles. The Hall–Kier alpha value is -2.56. The minimum absolute atomic E-state index is 0.0311. The summed E-state index contributed by atoms with van der Waals surface area (Å²) in [5.41, 5.74) is 2.22. The van der Waals surface area contributed by atoms with Gasteiger partial charge in [-0.25, -0.2) is 0 Å². The minimum Gasteiger partial charge on any atom is -0.348 e. The summed E-state index contributed by atoms with van der Waals surface area (Å²) in [5.74, 6) is -0.117. The fourth-order valence-electron chi connectivity index (χ4n) is 2.87. The zero-order chi connectivity index (χ0) is 15.7. The summed E-state index contributed by atoms with van der Waals surface area (Å²) in [6.45, 7) is 6.90. The van der Waals surface area contributed by atoms with Crippen LogP contribution in [0.2, 0.25) is 0 Å². The summed E-state index contributed by atoms with van der Waals surface area (Å²) in [6, 6.07) is 8.09. The Morgan fingerprint density at radius 3 is 2.82 bits per heavy atom. The number of hydrogen-bond acceptors (Lipinski definition) is 2. The van der Waals surface area contributed by atoms with Crippen LogP contribution in [0.15, 0.2) is 43.1 Å². The fraction of sp³-hybridized carbons (Fsp3) is 0.294. The molecule has 0 radical (unpaired) electrons. The zero-order valence-corrected chi connectivity index (χ0v) is 12.6. The lowest BCUT2D eigenvalue weighted by atomic mass is 10.1. The van der Waals surface area contributed by atoms with Crippen LogP contribution in [0.4, 0.5) is 0 Å². The molecular formula is C17H19N3O2. The van der Waals surface area contributed by atoms with Gasteiger partial charge in [0.2, 0.25) is 11.8 Å². The van der Waals surface area contributed by atoms with Crippen LogP contribution in [0.3, 0.4) is 0 Å². The molecule has 3 rings (SSSR count). The first-order valence-corrected chi connectivity index (χ1v) is 7.33. The second-order valence-electron chi connectivity index (χ2n) is 5.67. The van der Waals surface area contributed by atoms with E-state index in [1.807, 2.05) is 35.9 Å². The van der Waals surface area contributed by atoms with E-state index in [0.717, 1.165) is 11.1 Å². The average Bonchev–Trinajstić information content (AvgIpc) is 2.79. The van der Waals surface area contributed by atoms with E-state index in [-0.39, 0.29) is 17.9 Å². The van der Waals surface area contributed by atoms with Crippen molar-refractivity contribution in [3.05, 3.63) is 48.7 Å². The molecule has 1 aliphatic rings. The Morgan fingerprint density at radius 1 is 1.36 bits per heavy atom. The topological polar surface area (TPSA) is 54.3 Å². The molecule has 0 bridgehead atoms. The normalized spacial score (nSPS) is 14.7. The summed E-state index contributed by atoms with van der Waals surface area (Å²) in [7, 11) is 0. The van der Waals surface area contributed by atoms with Gasteiger partial charge in [0.05, 0.1) is 6.04 Å². The van der Waals surface area contributed by atoms with Gasteiger partial charge < -0.3 is 14.8 Å². The van der Waals surface area contributed by atoms with Crippen molar-refractivity contribution in [1.29, 1.82) is 0 Å². The highest BCUT2D eigenvalue weighted by molar-refractivity contribution is 5.88. The summed E-state index contributed by atoms with van der Waals surface area (Å²) in [6.07, 6.45) is 3.30. The molecule has 0 saturated carbocycles. The molecule has 5 nitrogen and oxygen atoms in total. The second kappa shape index (κ2) is 5.67. The van der Waals surface area contributed by atoms with Crippen LogP contribution >= 0.6 is 0 Å². The van der Waals surface area contributed by atoms with E-state index in [1.165, 1.54) is 11.5 Å². The van der Waals surface area contributed by atoms with E-state index in [2.05, 4.69) is 18.0 Å². The van der Waals surface area contributed by atoms with Crippen molar-refractivity contribution in [2.75, 3.05) is 13.1 Å². The fourth-order valence-corrected chi connectivity index (χ4v) is 2.87. The number of nitrogens with one attached hydrogen (secondary N) is 1. The van der Waals surface area contributed by atoms with Gasteiger partial charge in [-0.2, -0.15) is 0 Å². The molecule has 2 aromatic rings. The van der Waals surface area contributed by atoms with Gasteiger partial charge >= 0.3 is 0 Å². The van der Waals surface area contributed by atoms with Crippen LogP contribution in [0.25, 0.3) is 10.9 Å². The lowest BCUT2D eigenvalue weighted by Crippen LogP contribution is -2.61. The molecule has 0 spiro atoms. The van der Waals surface area contributed by atoms with E-state index in [1.54, 1.807) is 4.90 Å². The van der Waals surface area contributed by atoms with Crippen LogP contribution in [-0.2, 0) is 16.1 Å². The van der Waals surface area contributed by atoms with Gasteiger partial charge in [-0.15, -0.1) is 0 Å². The van der Waals surface area contributed by atoms with Gasteiger partial charge in [-0.1, -0.05) is 24.8 Å². The van der Waals surface area contributed by atoms with Gasteiger partial charge in [0.1, 0.15) is 6.54 Å². The van der Waals surface area contributed by atoms with Crippen molar-refractivity contribution < 1.29 is 9.59 Å². The second-order valence-corrected chi connectivity index (χ2v) is 5.67. The number of carbonyl (C=O) groups excluding carboxylic acids is 2. The number of rotatable bonds is 4. The highest BCUT2D eigenvalue weighted by atomic mass is 16.2. The van der Waals surface area contributed by atoms with E-state index in [9.17, 15) is 9.59 Å². The smallest absolute Gasteiger partial charge is 0.246 e. The molecule has 2 amide bonds. The molecule has 1 aromatic carbocycles. The number of aromatic nitrogens is 1. The standard InChI is InChI=1S/C17H19N3O2/c1-3-17(22)20-9-13(10-20)18-16(21)11-19-8-12(2)14-6-4-5-7-15(14)19/h3-8,13H,1,9-11H2,2H3,(H,18,21). The highest BCUT2D eigenvalue weighted by Gasteiger charge is 2.30. The Bertz CT molecular complexity index is 741. The maximum atomic E-state index is 12.2. The van der Waals surface area contributed by atoms with E-state index < -0.39 is 0 Å². The zero-order valence-electron chi connectivity index (χ0n) is 12.6. The number of carbonyl (C=O) groups is 2. The highest BCUT2D eigenvalue weighted by Crippen LogP contribution is 2.20. The van der Waals surface area contributed by atoms with Gasteiger partial charge in [0, 0.05) is 30.2 Å². The van der Waals surface area contributed by atoms with Crippen molar-refractivity contribution in [3.63, 3.8) is 0 Å². The summed E-state index contributed by atoms with van der Waals surface area (Å²) in [5, 5.41) is 4.13. The first-order chi connectivity index (χ1) is 10.6. The summed E-state index contributed by atoms with van der Waals surface area (Å²) in [4.78, 5) is 25.2. The Balaban J connectivity index is 1.60. The van der Waals surface area contributed by atoms with Crippen LogP contribution in [0.1, 0.15) is 5.56 Å². The van der Waals surface area contributed by atoms with Crippen LogP contribution in [-0.4, -0.2) is 40.4 Å². The first-order valence-electron chi connectivity index (χ1n) is 7.33. The predicted octanol–water partition coefficient (Wildman–Crippen LogP) is 1.46. The quantitative estimate of drug-likeness (QED) is 0.869. The number of nitrogens with zero attached hydrogens (tertiary/aromatic N) is 2. The molecule has 1 saturated heterocycles. The predicted molar refractivity (Wildman–Crippen MR) is 85.4 cm³/mol. The van der Waals surface area contributed by atoms with Crippen LogP contribution in [0, 0.1) is 6.92 Å². The molecular weight excluding hydrogens is 278 g/mol. The molecule has 22 heavy (non-hydrogen) atoms. The first kappa shape index (κ1) is 14.4. The molecule has 114 valence electrons. The maximum Gasteiger partial charge on any atom is 0.246 e. The third-order valence-corrected chi connectivity index (χ3v) is 4.03. The van der Waals surface area contributed by atoms with Gasteiger partial charge in [-0.3, -0.25) is 9.59 Å². The maximum absolute atomic E-state index is 12.2. The van der Waals surface area contributed by atoms with Crippen LogP contribution in [0.5, 0.6) is 0 Å². The number of likely N-dealkylation sites (tertiary alicyclic amines) is 1. The largest absolute Gasteiger partial charge is 0.348 e. The molecule has 2 heterocycles. The molecule has 0 atom stereocenters. The van der Waals surface area contributed by atoms with Crippen molar-refractivity contribution >= 4 is 22.7 Å². The minimum atomic E-state index is -0.0856. The lowest BCUT2D eigenvalue weighted by Gasteiger charge is -2.38. The van der Waals surface area contributed by atoms with E-state index in [0.29, 0.717) is 19.6 Å². The van der Waals surface area contributed by atoms with Crippen molar-refractivity contribution in [2.45, 2.75) is 19.5 Å². The number of amides is 2. The monoisotopic (exact) mass is 297 g/mol. The van der Waals surface area contributed by atoms with E-state index >= 15 is 0 Å². The SMILES string of the molecule is C=CC(=O)N1CC(NC(=O)Cn2cc(C)c3ccccc32)C1. The molecule has 0 unspecified atom stereocenters. The molecule has 1 N–H and O–H groups in total. The summed E-state index contributed by atoms with van der Waals surface area (Å²) < 4.78 is 1.96. The van der Waals surface area contributed by atoms with Gasteiger partial charge in [0.15, 0.2) is 0 Å². The van der Waals surface area contributed by atoms with Crippen molar-refractivity contribution in [2.24, 2.45) is 0 Å².